The summed E-state index contributed by atoms with van der Waals surface area (Å²) in [5.74, 6) is 0. The van der Waals surface area contributed by atoms with Crippen molar-refractivity contribution in [3.63, 3.8) is 0 Å². The molecule has 2 aromatic heterocycles. The van der Waals surface area contributed by atoms with Crippen LogP contribution in [0.1, 0.15) is 11.1 Å². The zero-order valence-electron chi connectivity index (χ0n) is 11.3. The molecule has 3 rings (SSSR count). The van der Waals surface area contributed by atoms with Crippen molar-refractivity contribution in [2.75, 3.05) is 0 Å². The van der Waals surface area contributed by atoms with Gasteiger partial charge in [0.1, 0.15) is 3.70 Å². The van der Waals surface area contributed by atoms with Crippen LogP contribution in [0.2, 0.25) is 0 Å². The third-order valence-corrected chi connectivity index (χ3v) is 4.02. The highest BCUT2D eigenvalue weighted by molar-refractivity contribution is 14.1. The van der Waals surface area contributed by atoms with Crippen LogP contribution >= 0.6 is 22.6 Å². The van der Waals surface area contributed by atoms with Gasteiger partial charge in [0.25, 0.3) is 0 Å². The number of nitrogens with zero attached hydrogens (tertiary/aromatic N) is 2. The predicted octanol–water partition coefficient (Wildman–Crippen LogP) is 4.92. The van der Waals surface area contributed by atoms with Crippen molar-refractivity contribution in [1.29, 1.82) is 0 Å². The highest BCUT2D eigenvalue weighted by Gasteiger charge is 2.02. The fraction of sp³-hybridized carbons (Fsp3) is 0. The van der Waals surface area contributed by atoms with Gasteiger partial charge in [-0.15, -0.1) is 0 Å². The molecule has 0 aliphatic carbocycles. The minimum Gasteiger partial charge on any atom is -0.264 e. The third-order valence-electron chi connectivity index (χ3n) is 3.12. The summed E-state index contributed by atoms with van der Waals surface area (Å²) in [4.78, 5) is 8.63. The molecule has 3 aromatic rings. The summed E-state index contributed by atoms with van der Waals surface area (Å²) in [5.41, 5.74) is 4.45. The van der Waals surface area contributed by atoms with Gasteiger partial charge in [-0.1, -0.05) is 48.6 Å². The molecule has 21 heavy (non-hydrogen) atoms. The van der Waals surface area contributed by atoms with Gasteiger partial charge in [0.15, 0.2) is 0 Å². The summed E-state index contributed by atoms with van der Waals surface area (Å²) in [7, 11) is 0. The zero-order valence-corrected chi connectivity index (χ0v) is 13.4. The van der Waals surface area contributed by atoms with Crippen molar-refractivity contribution in [2.24, 2.45) is 0 Å². The SMILES string of the molecule is Ic1ncc(-c2cccnc2)cc1C=Cc1ccccc1. The first-order valence-corrected chi connectivity index (χ1v) is 7.70. The Hall–Kier alpha value is -2.01. The average Bonchev–Trinajstić information content (AvgIpc) is 2.56. The second-order valence-corrected chi connectivity index (χ2v) is 5.61. The van der Waals surface area contributed by atoms with Gasteiger partial charge in [-0.05, 0) is 40.3 Å². The minimum absolute atomic E-state index is 0.993. The first kappa shape index (κ1) is 13.9. The van der Waals surface area contributed by atoms with Crippen LogP contribution in [0.15, 0.2) is 67.1 Å². The second-order valence-electron chi connectivity index (χ2n) is 4.59. The van der Waals surface area contributed by atoms with Crippen LogP contribution < -0.4 is 0 Å². The van der Waals surface area contributed by atoms with Gasteiger partial charge in [0, 0.05) is 35.3 Å². The molecule has 0 spiro atoms. The lowest BCUT2D eigenvalue weighted by molar-refractivity contribution is 1.25. The molecule has 0 unspecified atom stereocenters. The van der Waals surface area contributed by atoms with E-state index >= 15 is 0 Å². The topological polar surface area (TPSA) is 25.8 Å². The summed E-state index contributed by atoms with van der Waals surface area (Å²) in [6, 6.07) is 16.4. The van der Waals surface area contributed by atoms with Crippen LogP contribution in [0, 0.1) is 3.70 Å². The molecule has 2 nitrogen and oxygen atoms in total. The van der Waals surface area contributed by atoms with Crippen LogP contribution in [0.4, 0.5) is 0 Å². The van der Waals surface area contributed by atoms with E-state index in [0.29, 0.717) is 0 Å². The van der Waals surface area contributed by atoms with Crippen LogP contribution in [-0.2, 0) is 0 Å². The van der Waals surface area contributed by atoms with Crippen molar-refractivity contribution in [3.05, 3.63) is 81.9 Å². The smallest absolute Gasteiger partial charge is 0.108 e. The molecule has 0 aliphatic heterocycles. The maximum absolute atomic E-state index is 4.48. The van der Waals surface area contributed by atoms with Crippen LogP contribution in [0.5, 0.6) is 0 Å². The molecule has 0 saturated heterocycles. The molecule has 0 aliphatic rings. The maximum Gasteiger partial charge on any atom is 0.108 e. The number of hydrogen-bond acceptors (Lipinski definition) is 2. The van der Waals surface area contributed by atoms with E-state index in [9.17, 15) is 0 Å². The fourth-order valence-corrected chi connectivity index (χ4v) is 2.50. The van der Waals surface area contributed by atoms with Crippen molar-refractivity contribution >= 4 is 34.7 Å². The molecule has 0 radical (unpaired) electrons. The predicted molar refractivity (Wildman–Crippen MR) is 95.6 cm³/mol. The van der Waals surface area contributed by atoms with E-state index in [4.69, 9.17) is 0 Å². The second kappa shape index (κ2) is 6.63. The van der Waals surface area contributed by atoms with Gasteiger partial charge in [-0.2, -0.15) is 0 Å². The van der Waals surface area contributed by atoms with Gasteiger partial charge in [-0.3, -0.25) is 4.98 Å². The van der Waals surface area contributed by atoms with Crippen molar-refractivity contribution in [2.45, 2.75) is 0 Å². The molecule has 102 valence electrons. The first-order valence-electron chi connectivity index (χ1n) is 6.62. The van der Waals surface area contributed by atoms with E-state index in [1.807, 2.05) is 42.7 Å². The Kier molecular flexibility index (Phi) is 4.40. The minimum atomic E-state index is 0.993. The molecule has 0 bridgehead atoms. The first-order chi connectivity index (χ1) is 10.3. The van der Waals surface area contributed by atoms with Crippen LogP contribution in [0.3, 0.4) is 0 Å². The van der Waals surface area contributed by atoms with Gasteiger partial charge < -0.3 is 0 Å². The Balaban J connectivity index is 1.94. The monoisotopic (exact) mass is 384 g/mol. The standard InChI is InChI=1S/C18H13IN2/c19-18-15(9-8-14-5-2-1-3-6-14)11-17(13-21-18)16-7-4-10-20-12-16/h1-13H. The molecule has 0 atom stereocenters. The molecule has 1 aromatic carbocycles. The van der Waals surface area contributed by atoms with Gasteiger partial charge in [0.05, 0.1) is 0 Å². The van der Waals surface area contributed by atoms with Crippen LogP contribution in [0.25, 0.3) is 23.3 Å². The van der Waals surface area contributed by atoms with Gasteiger partial charge >= 0.3 is 0 Å². The van der Waals surface area contributed by atoms with E-state index in [1.54, 1.807) is 6.20 Å². The van der Waals surface area contributed by atoms with E-state index in [-0.39, 0.29) is 0 Å². The van der Waals surface area contributed by atoms with E-state index in [1.165, 1.54) is 5.56 Å². The fourth-order valence-electron chi connectivity index (χ4n) is 2.02. The Morgan fingerprint density at radius 1 is 0.857 bits per heavy atom. The summed E-state index contributed by atoms with van der Waals surface area (Å²) < 4.78 is 0.993. The van der Waals surface area contributed by atoms with Gasteiger partial charge in [0.2, 0.25) is 0 Å². The lowest BCUT2D eigenvalue weighted by Crippen LogP contribution is -1.88. The zero-order chi connectivity index (χ0) is 14.5. The number of benzene rings is 1. The molecular formula is C18H13IN2. The lowest BCUT2D eigenvalue weighted by Gasteiger charge is -2.04. The molecular weight excluding hydrogens is 371 g/mol. The number of hydrogen-bond donors (Lipinski definition) is 0. The van der Waals surface area contributed by atoms with Crippen molar-refractivity contribution in [3.8, 4) is 11.1 Å². The number of aromatic nitrogens is 2. The Morgan fingerprint density at radius 3 is 2.48 bits per heavy atom. The van der Waals surface area contributed by atoms with E-state index in [0.717, 1.165) is 20.4 Å². The molecule has 3 heteroatoms. The Bertz CT molecular complexity index is 753. The summed E-state index contributed by atoms with van der Waals surface area (Å²) in [6.45, 7) is 0. The van der Waals surface area contributed by atoms with Crippen molar-refractivity contribution < 1.29 is 0 Å². The van der Waals surface area contributed by atoms with Crippen molar-refractivity contribution in [1.82, 2.24) is 9.97 Å². The summed E-state index contributed by atoms with van der Waals surface area (Å²) in [6.07, 6.45) is 9.73. The third kappa shape index (κ3) is 3.55. The van der Waals surface area contributed by atoms with Crippen LogP contribution in [-0.4, -0.2) is 9.97 Å². The molecule has 2 heterocycles. The van der Waals surface area contributed by atoms with E-state index < -0.39 is 0 Å². The van der Waals surface area contributed by atoms with Gasteiger partial charge in [-0.25, -0.2) is 4.98 Å². The molecule has 0 amide bonds. The highest BCUT2D eigenvalue weighted by atomic mass is 127. The van der Waals surface area contributed by atoms with E-state index in [2.05, 4.69) is 62.9 Å². The lowest BCUT2D eigenvalue weighted by atomic mass is 10.1. The number of halogens is 1. The Morgan fingerprint density at radius 2 is 1.71 bits per heavy atom. The largest absolute Gasteiger partial charge is 0.264 e. The quantitative estimate of drug-likeness (QED) is 0.473. The maximum atomic E-state index is 4.48. The average molecular weight is 384 g/mol. The number of pyridine rings is 2. The summed E-state index contributed by atoms with van der Waals surface area (Å²) >= 11 is 2.26. The summed E-state index contributed by atoms with van der Waals surface area (Å²) in [5, 5.41) is 0. The normalized spacial score (nSPS) is 10.9. The Labute approximate surface area is 137 Å². The molecule has 0 saturated carbocycles. The molecule has 0 N–H and O–H groups in total. The number of rotatable bonds is 3. The highest BCUT2D eigenvalue weighted by Crippen LogP contribution is 2.22. The molecule has 0 fully saturated rings.